The van der Waals surface area contributed by atoms with Crippen molar-refractivity contribution >= 4 is 23.5 Å². The Morgan fingerprint density at radius 2 is 1.83 bits per heavy atom. The van der Waals surface area contributed by atoms with Gasteiger partial charge in [0.1, 0.15) is 0 Å². The zero-order chi connectivity index (χ0) is 17.3. The largest absolute Gasteiger partial charge is 0.465 e. The van der Waals surface area contributed by atoms with Crippen LogP contribution in [0.4, 0.5) is 5.69 Å². The van der Waals surface area contributed by atoms with Crippen LogP contribution in [0.15, 0.2) is 24.3 Å². The zero-order valence-corrected chi connectivity index (χ0v) is 13.5. The molecule has 2 fully saturated rings. The number of benzene rings is 1. The van der Waals surface area contributed by atoms with E-state index in [2.05, 4.69) is 4.74 Å². The highest BCUT2D eigenvalue weighted by Gasteiger charge is 2.46. The van der Waals surface area contributed by atoms with E-state index >= 15 is 0 Å². The third-order valence-electron chi connectivity index (χ3n) is 4.78. The van der Waals surface area contributed by atoms with Gasteiger partial charge in [-0.15, -0.1) is 0 Å². The van der Waals surface area contributed by atoms with E-state index in [1.165, 1.54) is 12.0 Å². The summed E-state index contributed by atoms with van der Waals surface area (Å²) in [5, 5.41) is 9.60. The number of aliphatic hydroxyl groups is 1. The molecule has 24 heavy (non-hydrogen) atoms. The minimum Gasteiger partial charge on any atom is -0.465 e. The number of methoxy groups -OCH3 is 1. The first-order chi connectivity index (χ1) is 11.5. The Morgan fingerprint density at radius 1 is 1.21 bits per heavy atom. The second kappa shape index (κ2) is 6.70. The molecule has 0 spiro atoms. The van der Waals surface area contributed by atoms with Crippen molar-refractivity contribution in [3.8, 4) is 0 Å². The molecular formula is C17H21N2O5+. The van der Waals surface area contributed by atoms with Crippen molar-refractivity contribution in [1.82, 2.24) is 0 Å². The van der Waals surface area contributed by atoms with Crippen LogP contribution in [0.25, 0.3) is 0 Å². The summed E-state index contributed by atoms with van der Waals surface area (Å²) in [6, 6.07) is 5.86. The summed E-state index contributed by atoms with van der Waals surface area (Å²) in [5.74, 6) is -0.901. The van der Waals surface area contributed by atoms with Crippen LogP contribution in [0.3, 0.4) is 0 Å². The lowest BCUT2D eigenvalue weighted by atomic mass is 10.1. The number of hydrogen-bond donors (Lipinski definition) is 2. The lowest BCUT2D eigenvalue weighted by molar-refractivity contribution is -0.920. The number of aliphatic hydroxyl groups excluding tert-OH is 1. The molecule has 0 bridgehead atoms. The molecule has 1 aromatic rings. The summed E-state index contributed by atoms with van der Waals surface area (Å²) in [6.45, 7) is 1.39. The van der Waals surface area contributed by atoms with Crippen molar-refractivity contribution in [2.75, 3.05) is 25.1 Å². The number of quaternary nitrogens is 1. The Kier molecular flexibility index (Phi) is 4.64. The van der Waals surface area contributed by atoms with Gasteiger partial charge in [-0.25, -0.2) is 9.69 Å². The van der Waals surface area contributed by atoms with E-state index in [9.17, 15) is 19.5 Å². The van der Waals surface area contributed by atoms with Gasteiger partial charge in [-0.05, 0) is 24.3 Å². The van der Waals surface area contributed by atoms with Gasteiger partial charge < -0.3 is 14.7 Å². The number of rotatable bonds is 3. The van der Waals surface area contributed by atoms with Crippen molar-refractivity contribution in [2.45, 2.75) is 31.4 Å². The van der Waals surface area contributed by atoms with Gasteiger partial charge in [-0.3, -0.25) is 9.59 Å². The number of imide groups is 1. The molecule has 7 heteroatoms. The zero-order valence-electron chi connectivity index (χ0n) is 13.5. The molecule has 0 aromatic heterocycles. The van der Waals surface area contributed by atoms with Gasteiger partial charge in [0.05, 0.1) is 44.0 Å². The van der Waals surface area contributed by atoms with E-state index in [1.54, 1.807) is 24.3 Å². The Balaban J connectivity index is 1.75. The highest BCUT2D eigenvalue weighted by atomic mass is 16.5. The van der Waals surface area contributed by atoms with Crippen LogP contribution in [0.5, 0.6) is 0 Å². The summed E-state index contributed by atoms with van der Waals surface area (Å²) < 4.78 is 4.64. The molecule has 1 unspecified atom stereocenters. The van der Waals surface area contributed by atoms with Crippen LogP contribution in [-0.4, -0.2) is 55.2 Å². The van der Waals surface area contributed by atoms with E-state index in [0.717, 1.165) is 4.90 Å². The van der Waals surface area contributed by atoms with Gasteiger partial charge in [-0.1, -0.05) is 0 Å². The second-order valence-electron chi connectivity index (χ2n) is 6.25. The second-order valence-corrected chi connectivity index (χ2v) is 6.25. The lowest BCUT2D eigenvalue weighted by Gasteiger charge is -2.29. The molecule has 2 heterocycles. The number of piperidine rings is 1. The van der Waals surface area contributed by atoms with Crippen molar-refractivity contribution in [1.29, 1.82) is 0 Å². The molecule has 2 aliphatic heterocycles. The number of nitrogens with one attached hydrogen (secondary N) is 1. The summed E-state index contributed by atoms with van der Waals surface area (Å²) in [4.78, 5) is 38.8. The minimum atomic E-state index is -0.463. The Labute approximate surface area is 139 Å². The third kappa shape index (κ3) is 3.05. The maximum Gasteiger partial charge on any atom is 0.337 e. The van der Waals surface area contributed by atoms with E-state index in [-0.39, 0.29) is 30.4 Å². The van der Waals surface area contributed by atoms with E-state index in [4.69, 9.17) is 0 Å². The number of amides is 2. The fraction of sp³-hybridized carbons (Fsp3) is 0.471. The predicted octanol–water partition coefficient (Wildman–Crippen LogP) is -0.855. The van der Waals surface area contributed by atoms with Gasteiger partial charge in [0.2, 0.25) is 5.91 Å². The molecule has 2 aliphatic rings. The van der Waals surface area contributed by atoms with Crippen LogP contribution in [-0.2, 0) is 14.3 Å². The number of ether oxygens (including phenoxy) is 1. The highest BCUT2D eigenvalue weighted by molar-refractivity contribution is 6.21. The summed E-state index contributed by atoms with van der Waals surface area (Å²) in [7, 11) is 1.30. The van der Waals surface area contributed by atoms with Crippen LogP contribution in [0.1, 0.15) is 29.6 Å². The molecular weight excluding hydrogens is 312 g/mol. The Morgan fingerprint density at radius 3 is 2.42 bits per heavy atom. The quantitative estimate of drug-likeness (QED) is 0.555. The van der Waals surface area contributed by atoms with Gasteiger partial charge in [0.15, 0.2) is 6.04 Å². The standard InChI is InChI=1S/C17H20N2O5/c1-24-17(23)11-2-4-12(5-3-11)19-15(21)10-14(16(19)22)18-8-6-13(20)7-9-18/h2-5,13-14,20H,6-10H2,1H3/p+1. The number of carbonyl (C=O) groups excluding carboxylic acids is 3. The first kappa shape index (κ1) is 16.6. The predicted molar refractivity (Wildman–Crippen MR) is 84.6 cm³/mol. The SMILES string of the molecule is COC(=O)c1ccc(N2C(=O)CC([NH+]3CCC(O)CC3)C2=O)cc1. The molecule has 2 saturated heterocycles. The fourth-order valence-electron chi connectivity index (χ4n) is 3.41. The Bertz CT molecular complexity index is 649. The number of anilines is 1. The third-order valence-corrected chi connectivity index (χ3v) is 4.78. The van der Waals surface area contributed by atoms with Crippen molar-refractivity contribution in [3.63, 3.8) is 0 Å². The van der Waals surface area contributed by atoms with Crippen LogP contribution < -0.4 is 9.80 Å². The van der Waals surface area contributed by atoms with Crippen molar-refractivity contribution in [3.05, 3.63) is 29.8 Å². The summed E-state index contributed by atoms with van der Waals surface area (Å²) >= 11 is 0. The van der Waals surface area contributed by atoms with Gasteiger partial charge in [-0.2, -0.15) is 0 Å². The molecule has 1 aromatic carbocycles. The molecule has 2 amide bonds. The average Bonchev–Trinajstić information content (AvgIpc) is 2.89. The summed E-state index contributed by atoms with van der Waals surface area (Å²) in [5.41, 5.74) is 0.837. The molecule has 0 radical (unpaired) electrons. The van der Waals surface area contributed by atoms with Crippen LogP contribution in [0, 0.1) is 0 Å². The fourth-order valence-corrected chi connectivity index (χ4v) is 3.41. The topological polar surface area (TPSA) is 88.3 Å². The first-order valence-corrected chi connectivity index (χ1v) is 8.09. The van der Waals surface area contributed by atoms with E-state index in [1.807, 2.05) is 0 Å². The summed E-state index contributed by atoms with van der Waals surface area (Å²) in [6.07, 6.45) is 1.19. The number of likely N-dealkylation sites (tertiary alicyclic amines) is 1. The van der Waals surface area contributed by atoms with Crippen molar-refractivity contribution in [2.24, 2.45) is 0 Å². The van der Waals surface area contributed by atoms with Gasteiger partial charge in [0, 0.05) is 12.8 Å². The monoisotopic (exact) mass is 333 g/mol. The van der Waals surface area contributed by atoms with Crippen molar-refractivity contribution < 1.29 is 29.1 Å². The number of carbonyl (C=O) groups is 3. The average molecular weight is 333 g/mol. The molecule has 1 atom stereocenters. The molecule has 0 aliphatic carbocycles. The molecule has 3 rings (SSSR count). The molecule has 2 N–H and O–H groups in total. The number of nitrogens with zero attached hydrogens (tertiary/aromatic N) is 1. The minimum absolute atomic E-state index is 0.184. The molecule has 0 saturated carbocycles. The van der Waals surface area contributed by atoms with Gasteiger partial charge >= 0.3 is 5.97 Å². The van der Waals surface area contributed by atoms with E-state index < -0.39 is 5.97 Å². The Hall–Kier alpha value is -2.25. The van der Waals surface area contributed by atoms with Crippen LogP contribution in [0.2, 0.25) is 0 Å². The highest BCUT2D eigenvalue weighted by Crippen LogP contribution is 2.23. The number of esters is 1. The molecule has 128 valence electrons. The maximum atomic E-state index is 12.7. The molecule has 7 nitrogen and oxygen atoms in total. The lowest BCUT2D eigenvalue weighted by Crippen LogP contribution is -3.17. The maximum absolute atomic E-state index is 12.7. The van der Waals surface area contributed by atoms with Crippen LogP contribution >= 0.6 is 0 Å². The van der Waals surface area contributed by atoms with E-state index in [0.29, 0.717) is 37.2 Å². The smallest absolute Gasteiger partial charge is 0.337 e. The first-order valence-electron chi connectivity index (χ1n) is 8.09. The van der Waals surface area contributed by atoms with Gasteiger partial charge in [0.25, 0.3) is 5.91 Å². The normalized spacial score (nSPS) is 27.4. The number of hydrogen-bond acceptors (Lipinski definition) is 5.